The largest absolute Gasteiger partial charge is 0.478 e. The molecule has 20 heavy (non-hydrogen) atoms. The van der Waals surface area contributed by atoms with Crippen molar-refractivity contribution >= 4 is 12.0 Å². The quantitative estimate of drug-likeness (QED) is 0.855. The van der Waals surface area contributed by atoms with Gasteiger partial charge < -0.3 is 5.11 Å². The molecule has 1 aliphatic heterocycles. The molecule has 1 aliphatic rings. The number of piperidine rings is 1. The molecule has 108 valence electrons. The molecule has 1 heterocycles. The highest BCUT2D eigenvalue weighted by molar-refractivity contribution is 5.85. The summed E-state index contributed by atoms with van der Waals surface area (Å²) in [7, 11) is 0. The fourth-order valence-electron chi connectivity index (χ4n) is 2.84. The van der Waals surface area contributed by atoms with Crippen molar-refractivity contribution in [2.45, 2.75) is 33.2 Å². The van der Waals surface area contributed by atoms with Gasteiger partial charge in [-0.05, 0) is 42.0 Å². The monoisotopic (exact) mass is 273 g/mol. The Hall–Kier alpha value is -1.61. The summed E-state index contributed by atoms with van der Waals surface area (Å²) in [4.78, 5) is 13.0. The van der Waals surface area contributed by atoms with Crippen molar-refractivity contribution in [2.75, 3.05) is 13.1 Å². The molecular formula is C17H23NO2. The molecule has 1 aromatic carbocycles. The van der Waals surface area contributed by atoms with Crippen LogP contribution < -0.4 is 0 Å². The Bertz CT molecular complexity index is 488. The number of likely N-dealkylation sites (tertiary alicyclic amines) is 1. The second-order valence-electron chi connectivity index (χ2n) is 6.39. The third kappa shape index (κ3) is 4.49. The van der Waals surface area contributed by atoms with E-state index in [0.717, 1.165) is 18.7 Å². The molecule has 3 heteroatoms. The van der Waals surface area contributed by atoms with Crippen LogP contribution in [0, 0.1) is 5.41 Å². The summed E-state index contributed by atoms with van der Waals surface area (Å²) in [5.41, 5.74) is 2.63. The minimum Gasteiger partial charge on any atom is -0.478 e. The molecule has 0 spiro atoms. The maximum Gasteiger partial charge on any atom is 0.328 e. The zero-order valence-corrected chi connectivity index (χ0v) is 12.3. The van der Waals surface area contributed by atoms with Crippen LogP contribution in [0.3, 0.4) is 0 Å². The average Bonchev–Trinajstić information content (AvgIpc) is 2.36. The number of carboxylic acid groups (broad SMARTS) is 1. The number of carboxylic acids is 1. The Morgan fingerprint density at radius 3 is 2.65 bits per heavy atom. The molecule has 1 aromatic rings. The summed E-state index contributed by atoms with van der Waals surface area (Å²) in [6.45, 7) is 7.96. The van der Waals surface area contributed by atoms with E-state index in [1.807, 2.05) is 12.1 Å². The van der Waals surface area contributed by atoms with E-state index in [2.05, 4.69) is 30.9 Å². The topological polar surface area (TPSA) is 40.5 Å². The molecule has 0 bridgehead atoms. The number of aliphatic carboxylic acids is 1. The first kappa shape index (κ1) is 14.8. The number of hydrogen-bond acceptors (Lipinski definition) is 2. The molecule has 1 saturated heterocycles. The second-order valence-corrected chi connectivity index (χ2v) is 6.39. The summed E-state index contributed by atoms with van der Waals surface area (Å²) in [6.07, 6.45) is 5.37. The van der Waals surface area contributed by atoms with Gasteiger partial charge in [0.2, 0.25) is 0 Å². The smallest absolute Gasteiger partial charge is 0.328 e. The highest BCUT2D eigenvalue weighted by Gasteiger charge is 2.25. The Balaban J connectivity index is 1.95. The minimum atomic E-state index is -0.912. The molecule has 0 unspecified atom stereocenters. The van der Waals surface area contributed by atoms with Gasteiger partial charge in [-0.15, -0.1) is 0 Å². The fourth-order valence-corrected chi connectivity index (χ4v) is 2.84. The van der Waals surface area contributed by atoms with E-state index in [9.17, 15) is 4.79 Å². The number of carbonyl (C=O) groups is 1. The van der Waals surface area contributed by atoms with Crippen molar-refractivity contribution in [1.82, 2.24) is 4.90 Å². The number of benzene rings is 1. The van der Waals surface area contributed by atoms with Gasteiger partial charge in [-0.1, -0.05) is 38.1 Å². The van der Waals surface area contributed by atoms with Crippen LogP contribution in [0.25, 0.3) is 6.08 Å². The molecule has 1 N–H and O–H groups in total. The summed E-state index contributed by atoms with van der Waals surface area (Å²) >= 11 is 0. The van der Waals surface area contributed by atoms with Gasteiger partial charge in [-0.3, -0.25) is 4.90 Å². The van der Waals surface area contributed by atoms with Crippen LogP contribution >= 0.6 is 0 Å². The normalized spacial score (nSPS) is 19.3. The van der Waals surface area contributed by atoms with Crippen LogP contribution in [-0.2, 0) is 11.3 Å². The highest BCUT2D eigenvalue weighted by atomic mass is 16.4. The lowest BCUT2D eigenvalue weighted by Gasteiger charge is -2.38. The van der Waals surface area contributed by atoms with E-state index in [-0.39, 0.29) is 0 Å². The van der Waals surface area contributed by atoms with E-state index in [1.54, 1.807) is 6.08 Å². The summed E-state index contributed by atoms with van der Waals surface area (Å²) in [6, 6.07) is 8.12. The molecule has 2 rings (SSSR count). The fraction of sp³-hybridized carbons (Fsp3) is 0.471. The molecule has 0 atom stereocenters. The molecule has 0 amide bonds. The van der Waals surface area contributed by atoms with Gasteiger partial charge in [-0.2, -0.15) is 0 Å². The molecule has 0 aliphatic carbocycles. The van der Waals surface area contributed by atoms with Crippen LogP contribution in [0.5, 0.6) is 0 Å². The van der Waals surface area contributed by atoms with Crippen molar-refractivity contribution in [2.24, 2.45) is 5.41 Å². The Kier molecular flexibility index (Phi) is 4.61. The zero-order chi connectivity index (χ0) is 14.6. The number of nitrogens with zero attached hydrogens (tertiary/aromatic N) is 1. The van der Waals surface area contributed by atoms with E-state index >= 15 is 0 Å². The van der Waals surface area contributed by atoms with Crippen molar-refractivity contribution in [1.29, 1.82) is 0 Å². The third-order valence-electron chi connectivity index (χ3n) is 3.78. The SMILES string of the molecule is CC1(C)CCCN(Cc2ccc(C=CC(=O)O)cc2)C1. The maximum absolute atomic E-state index is 10.5. The molecule has 0 aromatic heterocycles. The van der Waals surface area contributed by atoms with Gasteiger partial charge >= 0.3 is 5.97 Å². The van der Waals surface area contributed by atoms with Crippen molar-refractivity contribution in [3.05, 3.63) is 41.5 Å². The van der Waals surface area contributed by atoms with Gasteiger partial charge in [0.1, 0.15) is 0 Å². The number of rotatable bonds is 4. The number of hydrogen-bond donors (Lipinski definition) is 1. The summed E-state index contributed by atoms with van der Waals surface area (Å²) in [5.74, 6) is -0.912. The van der Waals surface area contributed by atoms with Gasteiger partial charge in [-0.25, -0.2) is 4.79 Å². The first-order chi connectivity index (χ1) is 9.44. The molecular weight excluding hydrogens is 250 g/mol. The standard InChI is InChI=1S/C17H23NO2/c1-17(2)10-3-11-18(13-17)12-15-6-4-14(5-7-15)8-9-16(19)20/h4-9H,3,10-13H2,1-2H3,(H,19,20). The molecule has 3 nitrogen and oxygen atoms in total. The second kappa shape index (κ2) is 6.23. The van der Waals surface area contributed by atoms with Gasteiger partial charge in [0.15, 0.2) is 0 Å². The van der Waals surface area contributed by atoms with Crippen LogP contribution in [0.2, 0.25) is 0 Å². The average molecular weight is 273 g/mol. The predicted molar refractivity (Wildman–Crippen MR) is 81.4 cm³/mol. The van der Waals surface area contributed by atoms with E-state index < -0.39 is 5.97 Å². The van der Waals surface area contributed by atoms with E-state index in [4.69, 9.17) is 5.11 Å². The molecule has 0 radical (unpaired) electrons. The van der Waals surface area contributed by atoms with Crippen molar-refractivity contribution in [3.8, 4) is 0 Å². The highest BCUT2D eigenvalue weighted by Crippen LogP contribution is 2.29. The predicted octanol–water partition coefficient (Wildman–Crippen LogP) is 3.41. The summed E-state index contributed by atoms with van der Waals surface area (Å²) < 4.78 is 0. The summed E-state index contributed by atoms with van der Waals surface area (Å²) in [5, 5.41) is 8.60. The van der Waals surface area contributed by atoms with Crippen LogP contribution in [-0.4, -0.2) is 29.1 Å². The van der Waals surface area contributed by atoms with Gasteiger partial charge in [0.25, 0.3) is 0 Å². The zero-order valence-electron chi connectivity index (χ0n) is 12.3. The third-order valence-corrected chi connectivity index (χ3v) is 3.78. The maximum atomic E-state index is 10.5. The van der Waals surface area contributed by atoms with Crippen LogP contribution in [0.15, 0.2) is 30.3 Å². The van der Waals surface area contributed by atoms with E-state index in [0.29, 0.717) is 5.41 Å². The van der Waals surface area contributed by atoms with Crippen molar-refractivity contribution in [3.63, 3.8) is 0 Å². The Morgan fingerprint density at radius 2 is 2.05 bits per heavy atom. The lowest BCUT2D eigenvalue weighted by molar-refractivity contribution is -0.131. The Labute approximate surface area is 120 Å². The van der Waals surface area contributed by atoms with Crippen LogP contribution in [0.1, 0.15) is 37.8 Å². The lowest BCUT2D eigenvalue weighted by atomic mass is 9.84. The lowest BCUT2D eigenvalue weighted by Crippen LogP contribution is -2.39. The first-order valence-electron chi connectivity index (χ1n) is 7.17. The Morgan fingerprint density at radius 1 is 1.35 bits per heavy atom. The molecule has 0 saturated carbocycles. The van der Waals surface area contributed by atoms with E-state index in [1.165, 1.54) is 31.0 Å². The minimum absolute atomic E-state index is 0.419. The first-order valence-corrected chi connectivity index (χ1v) is 7.17. The van der Waals surface area contributed by atoms with Crippen molar-refractivity contribution < 1.29 is 9.90 Å². The molecule has 1 fully saturated rings. The van der Waals surface area contributed by atoms with Gasteiger partial charge in [0.05, 0.1) is 0 Å². The van der Waals surface area contributed by atoms with Gasteiger partial charge in [0, 0.05) is 19.2 Å². The van der Waals surface area contributed by atoms with Crippen LogP contribution in [0.4, 0.5) is 0 Å².